The van der Waals surface area contributed by atoms with Crippen LogP contribution in [0, 0.1) is 4.64 Å². The van der Waals surface area contributed by atoms with E-state index in [0.717, 1.165) is 45.8 Å². The number of H-pyrrole nitrogens is 1. The third-order valence-corrected chi connectivity index (χ3v) is 5.59. The number of nitrogens with zero attached hydrogens (tertiary/aromatic N) is 1. The van der Waals surface area contributed by atoms with Crippen LogP contribution in [0.15, 0.2) is 33.6 Å². The first kappa shape index (κ1) is 14.3. The fraction of sp³-hybridized carbons (Fsp3) is 0.286. The van der Waals surface area contributed by atoms with E-state index in [-0.39, 0.29) is 0 Å². The van der Waals surface area contributed by atoms with Gasteiger partial charge in [-0.1, -0.05) is 24.4 Å². The SMILES string of the molecule is S=c1nc(CSc2ccccc2Br)[nH]c2c1CNCC2. The summed E-state index contributed by atoms with van der Waals surface area (Å²) in [5, 5.41) is 3.33. The van der Waals surface area contributed by atoms with Crippen LogP contribution in [0.4, 0.5) is 0 Å². The number of halogens is 1. The van der Waals surface area contributed by atoms with Crippen LogP contribution in [0.25, 0.3) is 0 Å². The van der Waals surface area contributed by atoms with E-state index in [4.69, 9.17) is 12.2 Å². The maximum Gasteiger partial charge on any atom is 0.134 e. The summed E-state index contributed by atoms with van der Waals surface area (Å²) in [6, 6.07) is 8.22. The van der Waals surface area contributed by atoms with Crippen LogP contribution in [0.2, 0.25) is 0 Å². The van der Waals surface area contributed by atoms with Gasteiger partial charge in [0.05, 0.1) is 5.75 Å². The van der Waals surface area contributed by atoms with E-state index in [0.29, 0.717) is 0 Å². The van der Waals surface area contributed by atoms with E-state index in [1.54, 1.807) is 11.8 Å². The Morgan fingerprint density at radius 1 is 1.35 bits per heavy atom. The molecule has 0 fully saturated rings. The Morgan fingerprint density at radius 2 is 2.20 bits per heavy atom. The molecule has 3 rings (SSSR count). The molecule has 1 aliphatic rings. The van der Waals surface area contributed by atoms with Crippen molar-refractivity contribution in [2.45, 2.75) is 23.6 Å². The van der Waals surface area contributed by atoms with Gasteiger partial charge in [-0.25, -0.2) is 4.98 Å². The second kappa shape index (κ2) is 6.39. The summed E-state index contributed by atoms with van der Waals surface area (Å²) in [7, 11) is 0. The zero-order valence-electron chi connectivity index (χ0n) is 10.8. The van der Waals surface area contributed by atoms with Gasteiger partial charge < -0.3 is 10.3 Å². The van der Waals surface area contributed by atoms with Crippen LogP contribution in [0.5, 0.6) is 0 Å². The molecule has 0 unspecified atom stereocenters. The van der Waals surface area contributed by atoms with Gasteiger partial charge in [0.2, 0.25) is 0 Å². The molecule has 0 bridgehead atoms. The highest BCUT2D eigenvalue weighted by molar-refractivity contribution is 9.10. The van der Waals surface area contributed by atoms with Crippen LogP contribution >= 0.6 is 39.9 Å². The lowest BCUT2D eigenvalue weighted by molar-refractivity contribution is 0.620. The minimum atomic E-state index is 0.730. The average molecular weight is 368 g/mol. The van der Waals surface area contributed by atoms with E-state index in [1.165, 1.54) is 10.6 Å². The quantitative estimate of drug-likeness (QED) is 0.638. The first-order chi connectivity index (χ1) is 9.74. The van der Waals surface area contributed by atoms with E-state index in [2.05, 4.69) is 43.3 Å². The van der Waals surface area contributed by atoms with Gasteiger partial charge in [-0.2, -0.15) is 0 Å². The number of benzene rings is 1. The van der Waals surface area contributed by atoms with Crippen molar-refractivity contribution in [3.8, 4) is 0 Å². The molecule has 1 aliphatic heterocycles. The van der Waals surface area contributed by atoms with Crippen molar-refractivity contribution in [3.05, 3.63) is 50.5 Å². The molecule has 2 N–H and O–H groups in total. The molecule has 1 aromatic heterocycles. The van der Waals surface area contributed by atoms with Gasteiger partial charge >= 0.3 is 0 Å². The number of aromatic amines is 1. The summed E-state index contributed by atoms with van der Waals surface area (Å²) in [6.45, 7) is 1.83. The van der Waals surface area contributed by atoms with Gasteiger partial charge in [-0.15, -0.1) is 11.8 Å². The standard InChI is InChI=1S/C14H14BrN3S2/c15-10-3-1-2-4-12(10)20-8-13-17-11-5-6-16-7-9(11)14(19)18-13/h1-4,16H,5-8H2,(H,17,18,19). The van der Waals surface area contributed by atoms with Gasteiger partial charge in [0.1, 0.15) is 10.5 Å². The summed E-state index contributed by atoms with van der Waals surface area (Å²) >= 11 is 10.7. The van der Waals surface area contributed by atoms with Gasteiger partial charge in [-0.05, 0) is 28.1 Å². The van der Waals surface area contributed by atoms with Crippen LogP contribution in [-0.4, -0.2) is 16.5 Å². The van der Waals surface area contributed by atoms with Crippen LogP contribution in [-0.2, 0) is 18.7 Å². The van der Waals surface area contributed by atoms with Crippen molar-refractivity contribution in [3.63, 3.8) is 0 Å². The molecule has 3 nitrogen and oxygen atoms in total. The Morgan fingerprint density at radius 3 is 3.05 bits per heavy atom. The van der Waals surface area contributed by atoms with E-state index >= 15 is 0 Å². The summed E-state index contributed by atoms with van der Waals surface area (Å²) in [5.41, 5.74) is 2.40. The normalized spacial score (nSPS) is 14.1. The van der Waals surface area contributed by atoms with E-state index < -0.39 is 0 Å². The number of hydrogen-bond acceptors (Lipinski definition) is 4. The topological polar surface area (TPSA) is 40.7 Å². The first-order valence-corrected chi connectivity index (χ1v) is 8.62. The largest absolute Gasteiger partial charge is 0.346 e. The highest BCUT2D eigenvalue weighted by atomic mass is 79.9. The maximum absolute atomic E-state index is 5.39. The van der Waals surface area contributed by atoms with Crippen LogP contribution in [0.1, 0.15) is 17.1 Å². The first-order valence-electron chi connectivity index (χ1n) is 6.43. The van der Waals surface area contributed by atoms with Gasteiger partial charge in [0, 0.05) is 40.1 Å². The average Bonchev–Trinajstić information content (AvgIpc) is 2.46. The van der Waals surface area contributed by atoms with Gasteiger partial charge in [0.15, 0.2) is 0 Å². The van der Waals surface area contributed by atoms with Crippen molar-refractivity contribution < 1.29 is 0 Å². The molecule has 0 atom stereocenters. The van der Waals surface area contributed by atoms with Crippen molar-refractivity contribution in [1.82, 2.24) is 15.3 Å². The number of nitrogens with one attached hydrogen (secondary N) is 2. The molecule has 0 saturated carbocycles. The summed E-state index contributed by atoms with van der Waals surface area (Å²) in [4.78, 5) is 9.17. The molecular weight excluding hydrogens is 354 g/mol. The predicted molar refractivity (Wildman–Crippen MR) is 88.5 cm³/mol. The van der Waals surface area contributed by atoms with Crippen molar-refractivity contribution in [1.29, 1.82) is 0 Å². The van der Waals surface area contributed by atoms with Crippen molar-refractivity contribution in [2.75, 3.05) is 6.54 Å². The molecule has 0 spiro atoms. The van der Waals surface area contributed by atoms with Crippen molar-refractivity contribution >= 4 is 39.9 Å². The highest BCUT2D eigenvalue weighted by Crippen LogP contribution is 2.29. The lowest BCUT2D eigenvalue weighted by Crippen LogP contribution is -2.25. The molecule has 2 heterocycles. The summed E-state index contributed by atoms with van der Waals surface area (Å²) in [6.07, 6.45) is 0.994. The molecule has 104 valence electrons. The third kappa shape index (κ3) is 3.14. The monoisotopic (exact) mass is 367 g/mol. The molecule has 20 heavy (non-hydrogen) atoms. The molecule has 0 amide bonds. The number of thioether (sulfide) groups is 1. The molecule has 6 heteroatoms. The molecule has 2 aromatic rings. The number of hydrogen-bond donors (Lipinski definition) is 2. The van der Waals surface area contributed by atoms with Crippen LogP contribution < -0.4 is 5.32 Å². The number of aromatic nitrogens is 2. The fourth-order valence-electron chi connectivity index (χ4n) is 2.20. The molecule has 0 radical (unpaired) electrons. The van der Waals surface area contributed by atoms with Crippen LogP contribution in [0.3, 0.4) is 0 Å². The zero-order valence-corrected chi connectivity index (χ0v) is 14.0. The van der Waals surface area contributed by atoms with Crippen molar-refractivity contribution in [2.24, 2.45) is 0 Å². The van der Waals surface area contributed by atoms with Gasteiger partial charge in [0.25, 0.3) is 0 Å². The lowest BCUT2D eigenvalue weighted by Gasteiger charge is -2.17. The Kier molecular flexibility index (Phi) is 4.55. The minimum absolute atomic E-state index is 0.730. The van der Waals surface area contributed by atoms with Gasteiger partial charge in [-0.3, -0.25) is 0 Å². The number of fused-ring (bicyclic) bond motifs is 1. The maximum atomic E-state index is 5.39. The summed E-state index contributed by atoms with van der Waals surface area (Å²) in [5.74, 6) is 1.75. The lowest BCUT2D eigenvalue weighted by atomic mass is 10.1. The van der Waals surface area contributed by atoms with E-state index in [9.17, 15) is 0 Å². The Hall–Kier alpha value is -0.690. The van der Waals surface area contributed by atoms with E-state index in [1.807, 2.05) is 12.1 Å². The Balaban J connectivity index is 1.80. The fourth-order valence-corrected chi connectivity index (χ4v) is 3.94. The Bertz CT molecular complexity index is 684. The summed E-state index contributed by atoms with van der Waals surface area (Å²) < 4.78 is 1.85. The third-order valence-electron chi connectivity index (χ3n) is 3.21. The molecule has 1 aromatic carbocycles. The Labute approximate surface area is 135 Å². The number of rotatable bonds is 3. The molecule has 0 aliphatic carbocycles. The second-order valence-corrected chi connectivity index (χ2v) is 6.85. The minimum Gasteiger partial charge on any atom is -0.346 e. The zero-order chi connectivity index (χ0) is 13.9. The predicted octanol–water partition coefficient (Wildman–Crippen LogP) is 3.84. The molecular formula is C14H14BrN3S2. The highest BCUT2D eigenvalue weighted by Gasteiger charge is 2.13. The second-order valence-electron chi connectivity index (χ2n) is 4.59. The smallest absolute Gasteiger partial charge is 0.134 e. The molecule has 0 saturated heterocycles.